The molecule has 1 N–H and O–H groups in total. The number of H-pyrrole nitrogens is 1. The Morgan fingerprint density at radius 3 is 1.96 bits per heavy atom. The van der Waals surface area contributed by atoms with Crippen molar-refractivity contribution >= 4 is 0 Å². The fraction of sp³-hybridized carbons (Fsp3) is 0. The van der Waals surface area contributed by atoms with Crippen molar-refractivity contribution in [3.8, 4) is 33.9 Å². The van der Waals surface area contributed by atoms with Crippen molar-refractivity contribution in [1.82, 2.24) is 9.97 Å². The molecule has 2 nitrogen and oxygen atoms in total. The maximum absolute atomic E-state index is 13.6. The van der Waals surface area contributed by atoms with Crippen LogP contribution in [0.25, 0.3) is 33.9 Å². The number of rotatable bonds is 3. The standard InChI is InChI=1S/C21H15FN2/c22-18-13-7-12-17(14-18)21-23-19(15-8-3-1-4-9-15)20(24-21)16-10-5-2-6-11-16/h1-14H,(H,23,24). The van der Waals surface area contributed by atoms with Crippen LogP contribution in [0, 0.1) is 5.82 Å². The summed E-state index contributed by atoms with van der Waals surface area (Å²) in [6.45, 7) is 0. The quantitative estimate of drug-likeness (QED) is 0.527. The minimum absolute atomic E-state index is 0.272. The van der Waals surface area contributed by atoms with Crippen molar-refractivity contribution in [1.29, 1.82) is 0 Å². The highest BCUT2D eigenvalue weighted by molar-refractivity contribution is 5.81. The molecule has 0 amide bonds. The molecule has 1 aromatic heterocycles. The molecule has 4 aromatic rings. The van der Waals surface area contributed by atoms with E-state index in [1.165, 1.54) is 12.1 Å². The van der Waals surface area contributed by atoms with Gasteiger partial charge in [0, 0.05) is 16.7 Å². The van der Waals surface area contributed by atoms with Crippen molar-refractivity contribution in [3.63, 3.8) is 0 Å². The van der Waals surface area contributed by atoms with E-state index in [1.54, 1.807) is 6.07 Å². The number of benzene rings is 3. The molecule has 0 saturated carbocycles. The van der Waals surface area contributed by atoms with Gasteiger partial charge >= 0.3 is 0 Å². The van der Waals surface area contributed by atoms with Crippen LogP contribution in [0.3, 0.4) is 0 Å². The lowest BCUT2D eigenvalue weighted by atomic mass is 10.1. The maximum Gasteiger partial charge on any atom is 0.138 e. The third kappa shape index (κ3) is 2.72. The Bertz CT molecular complexity index is 903. The number of halogens is 1. The molecule has 0 aliphatic heterocycles. The Labute approximate surface area is 139 Å². The SMILES string of the molecule is Fc1cccc(-c2nc(-c3ccccc3)c(-c3ccccc3)[nH]2)c1. The summed E-state index contributed by atoms with van der Waals surface area (Å²) >= 11 is 0. The summed E-state index contributed by atoms with van der Waals surface area (Å²) < 4.78 is 13.6. The molecule has 0 aliphatic carbocycles. The number of aromatic amines is 1. The Kier molecular flexibility index (Phi) is 3.67. The molecule has 0 unspecified atom stereocenters. The van der Waals surface area contributed by atoms with Crippen molar-refractivity contribution in [2.24, 2.45) is 0 Å². The topological polar surface area (TPSA) is 28.7 Å². The van der Waals surface area contributed by atoms with E-state index in [4.69, 9.17) is 4.98 Å². The zero-order chi connectivity index (χ0) is 16.4. The number of nitrogens with zero attached hydrogens (tertiary/aromatic N) is 1. The zero-order valence-electron chi connectivity index (χ0n) is 12.9. The van der Waals surface area contributed by atoms with Crippen LogP contribution < -0.4 is 0 Å². The second kappa shape index (κ2) is 6.13. The summed E-state index contributed by atoms with van der Waals surface area (Å²) in [6, 6.07) is 26.5. The molecule has 24 heavy (non-hydrogen) atoms. The monoisotopic (exact) mass is 314 g/mol. The maximum atomic E-state index is 13.6. The fourth-order valence-corrected chi connectivity index (χ4v) is 2.76. The van der Waals surface area contributed by atoms with Crippen LogP contribution in [-0.2, 0) is 0 Å². The van der Waals surface area contributed by atoms with Crippen molar-refractivity contribution in [2.75, 3.05) is 0 Å². The molecule has 0 fully saturated rings. The Morgan fingerprint density at radius 2 is 1.29 bits per heavy atom. The third-order valence-corrected chi connectivity index (χ3v) is 3.91. The molecule has 4 rings (SSSR count). The molecule has 1 heterocycles. The number of hydrogen-bond donors (Lipinski definition) is 1. The van der Waals surface area contributed by atoms with E-state index in [0.29, 0.717) is 5.82 Å². The first-order valence-electron chi connectivity index (χ1n) is 7.78. The summed E-state index contributed by atoms with van der Waals surface area (Å²) in [4.78, 5) is 8.11. The second-order valence-electron chi connectivity index (χ2n) is 5.55. The molecule has 0 aliphatic rings. The molecule has 0 radical (unpaired) electrons. The van der Waals surface area contributed by atoms with Crippen molar-refractivity contribution in [2.45, 2.75) is 0 Å². The van der Waals surface area contributed by atoms with Crippen LogP contribution in [0.4, 0.5) is 4.39 Å². The Morgan fingerprint density at radius 1 is 0.667 bits per heavy atom. The van der Waals surface area contributed by atoms with E-state index >= 15 is 0 Å². The van der Waals surface area contributed by atoms with E-state index in [9.17, 15) is 4.39 Å². The van der Waals surface area contributed by atoms with Gasteiger partial charge in [0.2, 0.25) is 0 Å². The Balaban J connectivity index is 1.91. The molecule has 0 atom stereocenters. The van der Waals surface area contributed by atoms with Gasteiger partial charge in [0.15, 0.2) is 0 Å². The van der Waals surface area contributed by atoms with Gasteiger partial charge in [-0.1, -0.05) is 72.8 Å². The van der Waals surface area contributed by atoms with Crippen LogP contribution in [0.1, 0.15) is 0 Å². The molecule has 3 aromatic carbocycles. The van der Waals surface area contributed by atoms with Crippen LogP contribution >= 0.6 is 0 Å². The van der Waals surface area contributed by atoms with E-state index in [1.807, 2.05) is 66.7 Å². The predicted molar refractivity (Wildman–Crippen MR) is 94.9 cm³/mol. The molecule has 0 bridgehead atoms. The van der Waals surface area contributed by atoms with Gasteiger partial charge in [-0.2, -0.15) is 0 Å². The number of aromatic nitrogens is 2. The largest absolute Gasteiger partial charge is 0.337 e. The normalized spacial score (nSPS) is 10.7. The van der Waals surface area contributed by atoms with Crippen molar-refractivity contribution in [3.05, 3.63) is 90.7 Å². The van der Waals surface area contributed by atoms with Gasteiger partial charge in [0.25, 0.3) is 0 Å². The average Bonchev–Trinajstić information content (AvgIpc) is 3.09. The number of hydrogen-bond acceptors (Lipinski definition) is 1. The summed E-state index contributed by atoms with van der Waals surface area (Å²) in [5.74, 6) is 0.388. The van der Waals surface area contributed by atoms with Crippen molar-refractivity contribution < 1.29 is 4.39 Å². The van der Waals surface area contributed by atoms with Crippen LogP contribution in [0.15, 0.2) is 84.9 Å². The average molecular weight is 314 g/mol. The van der Waals surface area contributed by atoms with Gasteiger partial charge in [-0.15, -0.1) is 0 Å². The van der Waals surface area contributed by atoms with E-state index < -0.39 is 0 Å². The third-order valence-electron chi connectivity index (χ3n) is 3.91. The summed E-state index contributed by atoms with van der Waals surface area (Å²) in [6.07, 6.45) is 0. The first-order chi connectivity index (χ1) is 11.8. The van der Waals surface area contributed by atoms with Gasteiger partial charge in [0.1, 0.15) is 11.6 Å². The van der Waals surface area contributed by atoms with Crippen LogP contribution in [0.5, 0.6) is 0 Å². The van der Waals surface area contributed by atoms with E-state index in [2.05, 4.69) is 4.98 Å². The van der Waals surface area contributed by atoms with Gasteiger partial charge in [-0.25, -0.2) is 9.37 Å². The highest BCUT2D eigenvalue weighted by Crippen LogP contribution is 2.32. The summed E-state index contributed by atoms with van der Waals surface area (Å²) in [5.41, 5.74) is 4.60. The van der Waals surface area contributed by atoms with Gasteiger partial charge < -0.3 is 4.98 Å². The van der Waals surface area contributed by atoms with E-state index in [0.717, 1.165) is 28.1 Å². The second-order valence-corrected chi connectivity index (χ2v) is 5.55. The minimum Gasteiger partial charge on any atom is -0.337 e. The Hall–Kier alpha value is -3.20. The van der Waals surface area contributed by atoms with Gasteiger partial charge in [-0.3, -0.25) is 0 Å². The predicted octanol–water partition coefficient (Wildman–Crippen LogP) is 5.55. The smallest absolute Gasteiger partial charge is 0.138 e. The minimum atomic E-state index is -0.272. The zero-order valence-corrected chi connectivity index (χ0v) is 12.9. The van der Waals surface area contributed by atoms with Crippen LogP contribution in [0.2, 0.25) is 0 Å². The highest BCUT2D eigenvalue weighted by Gasteiger charge is 2.15. The molecule has 3 heteroatoms. The molecule has 0 saturated heterocycles. The molecule has 0 spiro atoms. The summed E-state index contributed by atoms with van der Waals surface area (Å²) in [7, 11) is 0. The van der Waals surface area contributed by atoms with Crippen LogP contribution in [-0.4, -0.2) is 9.97 Å². The number of nitrogens with one attached hydrogen (secondary N) is 1. The first kappa shape index (κ1) is 14.4. The van der Waals surface area contributed by atoms with E-state index in [-0.39, 0.29) is 5.82 Å². The lowest BCUT2D eigenvalue weighted by molar-refractivity contribution is 0.628. The lowest BCUT2D eigenvalue weighted by Gasteiger charge is -2.02. The summed E-state index contributed by atoms with van der Waals surface area (Å²) in [5, 5.41) is 0. The molecular formula is C21H15FN2. The first-order valence-corrected chi connectivity index (χ1v) is 7.78. The molecule has 116 valence electrons. The fourth-order valence-electron chi connectivity index (χ4n) is 2.76. The number of imidazole rings is 1. The van der Waals surface area contributed by atoms with Gasteiger partial charge in [-0.05, 0) is 12.1 Å². The molecular weight excluding hydrogens is 299 g/mol. The highest BCUT2D eigenvalue weighted by atomic mass is 19.1. The van der Waals surface area contributed by atoms with Gasteiger partial charge in [0.05, 0.1) is 11.4 Å². The lowest BCUT2D eigenvalue weighted by Crippen LogP contribution is -1.82.